The van der Waals surface area contributed by atoms with Crippen molar-refractivity contribution in [3.63, 3.8) is 0 Å². The molecule has 1 atom stereocenters. The van der Waals surface area contributed by atoms with Gasteiger partial charge >= 0.3 is 0 Å². The average molecular weight is 274 g/mol. The molecule has 1 aromatic rings. The molecule has 1 aromatic carbocycles. The highest BCUT2D eigenvalue weighted by molar-refractivity contribution is 6.03. The van der Waals surface area contributed by atoms with Gasteiger partial charge in [-0.2, -0.15) is 0 Å². The number of nitrogens with one attached hydrogen (secondary N) is 1. The lowest BCUT2D eigenvalue weighted by Gasteiger charge is -2.30. The first kappa shape index (κ1) is 14.6. The van der Waals surface area contributed by atoms with Gasteiger partial charge in [0.25, 0.3) is 0 Å². The number of hydrogen-bond donors (Lipinski definition) is 1. The Labute approximate surface area is 120 Å². The minimum atomic E-state index is -0.237. The standard InChI is InChI=1S/C16H22N2O2/c1-12-5-3-7-14(9-12)17-15(19)10-16(20)18-8-4-6-13(2)11-18/h3,5,7,9,13H,4,6,8,10-11H2,1-2H3,(H,17,19). The van der Waals surface area contributed by atoms with Crippen LogP contribution in [0, 0.1) is 12.8 Å². The van der Waals surface area contributed by atoms with E-state index in [2.05, 4.69) is 12.2 Å². The number of carbonyl (C=O) groups excluding carboxylic acids is 2. The number of likely N-dealkylation sites (tertiary alicyclic amines) is 1. The molecule has 0 aromatic heterocycles. The van der Waals surface area contributed by atoms with E-state index in [-0.39, 0.29) is 18.2 Å². The number of piperidine rings is 1. The molecule has 0 saturated carbocycles. The van der Waals surface area contributed by atoms with Crippen LogP contribution in [0.2, 0.25) is 0 Å². The van der Waals surface area contributed by atoms with E-state index in [0.29, 0.717) is 5.92 Å². The number of nitrogens with zero attached hydrogens (tertiary/aromatic N) is 1. The highest BCUT2D eigenvalue weighted by atomic mass is 16.2. The molecule has 0 aliphatic carbocycles. The molecule has 20 heavy (non-hydrogen) atoms. The Morgan fingerprint density at radius 2 is 2.20 bits per heavy atom. The summed E-state index contributed by atoms with van der Waals surface area (Å²) in [5, 5.41) is 2.78. The van der Waals surface area contributed by atoms with Crippen molar-refractivity contribution in [1.82, 2.24) is 4.90 Å². The smallest absolute Gasteiger partial charge is 0.233 e. The molecule has 1 aliphatic rings. The Morgan fingerprint density at radius 3 is 2.90 bits per heavy atom. The van der Waals surface area contributed by atoms with E-state index in [0.717, 1.165) is 30.8 Å². The fraction of sp³-hybridized carbons (Fsp3) is 0.500. The van der Waals surface area contributed by atoms with Gasteiger partial charge in [-0.05, 0) is 43.4 Å². The normalized spacial score (nSPS) is 18.7. The molecule has 1 unspecified atom stereocenters. The van der Waals surface area contributed by atoms with Crippen LogP contribution in [-0.4, -0.2) is 29.8 Å². The lowest BCUT2D eigenvalue weighted by Crippen LogP contribution is -2.40. The van der Waals surface area contributed by atoms with Crippen LogP contribution in [0.3, 0.4) is 0 Å². The van der Waals surface area contributed by atoms with E-state index in [1.165, 1.54) is 6.42 Å². The van der Waals surface area contributed by atoms with Gasteiger partial charge < -0.3 is 10.2 Å². The first-order valence-electron chi connectivity index (χ1n) is 7.19. The van der Waals surface area contributed by atoms with Gasteiger partial charge in [0.2, 0.25) is 11.8 Å². The zero-order chi connectivity index (χ0) is 14.5. The molecule has 0 radical (unpaired) electrons. The molecular weight excluding hydrogens is 252 g/mol. The van der Waals surface area contributed by atoms with Crippen molar-refractivity contribution in [3.05, 3.63) is 29.8 Å². The molecule has 1 aliphatic heterocycles. The molecule has 1 N–H and O–H groups in total. The summed E-state index contributed by atoms with van der Waals surface area (Å²) in [4.78, 5) is 25.8. The SMILES string of the molecule is Cc1cccc(NC(=O)CC(=O)N2CCCC(C)C2)c1. The molecule has 4 heteroatoms. The highest BCUT2D eigenvalue weighted by Crippen LogP contribution is 2.16. The summed E-state index contributed by atoms with van der Waals surface area (Å²) in [6.45, 7) is 5.67. The highest BCUT2D eigenvalue weighted by Gasteiger charge is 2.22. The number of carbonyl (C=O) groups is 2. The van der Waals surface area contributed by atoms with Crippen LogP contribution >= 0.6 is 0 Å². The Bertz CT molecular complexity index is 499. The second-order valence-electron chi connectivity index (χ2n) is 5.68. The summed E-state index contributed by atoms with van der Waals surface area (Å²) in [6, 6.07) is 7.58. The first-order chi connectivity index (χ1) is 9.54. The van der Waals surface area contributed by atoms with Crippen molar-refractivity contribution >= 4 is 17.5 Å². The van der Waals surface area contributed by atoms with E-state index in [1.807, 2.05) is 36.1 Å². The molecule has 1 saturated heterocycles. The third kappa shape index (κ3) is 4.08. The Morgan fingerprint density at radius 1 is 1.40 bits per heavy atom. The average Bonchev–Trinajstić information content (AvgIpc) is 2.38. The maximum absolute atomic E-state index is 12.1. The summed E-state index contributed by atoms with van der Waals surface area (Å²) < 4.78 is 0. The van der Waals surface area contributed by atoms with Gasteiger partial charge in [0.1, 0.15) is 6.42 Å². The summed E-state index contributed by atoms with van der Waals surface area (Å²) >= 11 is 0. The van der Waals surface area contributed by atoms with Crippen LogP contribution in [0.5, 0.6) is 0 Å². The minimum Gasteiger partial charge on any atom is -0.342 e. The number of rotatable bonds is 3. The molecule has 0 spiro atoms. The minimum absolute atomic E-state index is 0.0679. The predicted octanol–water partition coefficient (Wildman–Crippen LogP) is 2.58. The Hall–Kier alpha value is -1.84. The topological polar surface area (TPSA) is 49.4 Å². The zero-order valence-corrected chi connectivity index (χ0v) is 12.2. The van der Waals surface area contributed by atoms with Crippen LogP contribution in [0.15, 0.2) is 24.3 Å². The summed E-state index contributed by atoms with van der Waals surface area (Å²) in [5.74, 6) is 0.230. The largest absolute Gasteiger partial charge is 0.342 e. The second-order valence-corrected chi connectivity index (χ2v) is 5.68. The Balaban J connectivity index is 1.86. The van der Waals surface area contributed by atoms with Crippen molar-refractivity contribution in [1.29, 1.82) is 0 Å². The molecule has 1 fully saturated rings. The van der Waals surface area contributed by atoms with Crippen LogP contribution < -0.4 is 5.32 Å². The lowest BCUT2D eigenvalue weighted by atomic mass is 10.00. The van der Waals surface area contributed by atoms with Crippen LogP contribution in [-0.2, 0) is 9.59 Å². The monoisotopic (exact) mass is 274 g/mol. The lowest BCUT2D eigenvalue weighted by molar-refractivity contribution is -0.136. The van der Waals surface area contributed by atoms with Crippen molar-refractivity contribution < 1.29 is 9.59 Å². The number of aryl methyl sites for hydroxylation is 1. The maximum Gasteiger partial charge on any atom is 0.233 e. The number of benzene rings is 1. The van der Waals surface area contributed by atoms with Crippen molar-refractivity contribution in [2.75, 3.05) is 18.4 Å². The zero-order valence-electron chi connectivity index (χ0n) is 12.2. The van der Waals surface area contributed by atoms with Crippen molar-refractivity contribution in [2.45, 2.75) is 33.1 Å². The molecular formula is C16H22N2O2. The Kier molecular flexibility index (Phi) is 4.77. The maximum atomic E-state index is 12.1. The first-order valence-corrected chi connectivity index (χ1v) is 7.19. The van der Waals surface area contributed by atoms with Gasteiger partial charge in [0, 0.05) is 18.8 Å². The quantitative estimate of drug-likeness (QED) is 0.861. The fourth-order valence-corrected chi connectivity index (χ4v) is 2.59. The number of anilines is 1. The second kappa shape index (κ2) is 6.55. The van der Waals surface area contributed by atoms with Gasteiger partial charge in [-0.3, -0.25) is 9.59 Å². The van der Waals surface area contributed by atoms with Crippen LogP contribution in [0.25, 0.3) is 0 Å². The third-order valence-electron chi connectivity index (χ3n) is 3.62. The molecule has 1 heterocycles. The van der Waals surface area contributed by atoms with E-state index in [1.54, 1.807) is 0 Å². The molecule has 0 bridgehead atoms. The van der Waals surface area contributed by atoms with Gasteiger partial charge in [-0.25, -0.2) is 0 Å². The number of amides is 2. The summed E-state index contributed by atoms with van der Waals surface area (Å²) in [5.41, 5.74) is 1.83. The molecule has 108 valence electrons. The van der Waals surface area contributed by atoms with E-state index < -0.39 is 0 Å². The van der Waals surface area contributed by atoms with Crippen molar-refractivity contribution in [2.24, 2.45) is 5.92 Å². The molecule has 4 nitrogen and oxygen atoms in total. The predicted molar refractivity (Wildman–Crippen MR) is 79.4 cm³/mol. The van der Waals surface area contributed by atoms with Crippen LogP contribution in [0.1, 0.15) is 31.7 Å². The van der Waals surface area contributed by atoms with E-state index >= 15 is 0 Å². The molecule has 2 amide bonds. The third-order valence-corrected chi connectivity index (χ3v) is 3.62. The number of hydrogen-bond acceptors (Lipinski definition) is 2. The van der Waals surface area contributed by atoms with Gasteiger partial charge in [-0.1, -0.05) is 19.1 Å². The fourth-order valence-electron chi connectivity index (χ4n) is 2.59. The van der Waals surface area contributed by atoms with Gasteiger partial charge in [0.05, 0.1) is 0 Å². The van der Waals surface area contributed by atoms with Crippen LogP contribution in [0.4, 0.5) is 5.69 Å². The van der Waals surface area contributed by atoms with Gasteiger partial charge in [0.15, 0.2) is 0 Å². The van der Waals surface area contributed by atoms with Gasteiger partial charge in [-0.15, -0.1) is 0 Å². The van der Waals surface area contributed by atoms with Crippen molar-refractivity contribution in [3.8, 4) is 0 Å². The summed E-state index contributed by atoms with van der Waals surface area (Å²) in [6.07, 6.45) is 2.13. The molecule has 2 rings (SSSR count). The summed E-state index contributed by atoms with van der Waals surface area (Å²) in [7, 11) is 0. The van der Waals surface area contributed by atoms with E-state index in [9.17, 15) is 9.59 Å². The van der Waals surface area contributed by atoms with E-state index in [4.69, 9.17) is 0 Å².